The van der Waals surface area contributed by atoms with Gasteiger partial charge in [-0.15, -0.1) is 0 Å². The first-order chi connectivity index (χ1) is 12.3. The molecule has 1 aliphatic carbocycles. The molecule has 7 nitrogen and oxygen atoms in total. The summed E-state index contributed by atoms with van der Waals surface area (Å²) < 4.78 is 26.7. The summed E-state index contributed by atoms with van der Waals surface area (Å²) in [6.45, 7) is 5.29. The molecule has 1 atom stereocenters. The first kappa shape index (κ1) is 21.1. The summed E-state index contributed by atoms with van der Waals surface area (Å²) in [5.74, 6) is 0.985. The van der Waals surface area contributed by atoms with Gasteiger partial charge < -0.3 is 15.7 Å². The van der Waals surface area contributed by atoms with Crippen LogP contribution in [0, 0.1) is 5.92 Å². The number of aliphatic imine (C=N–C) groups is 1. The number of aliphatic hydroxyl groups is 1. The minimum atomic E-state index is -3.29. The van der Waals surface area contributed by atoms with Gasteiger partial charge >= 0.3 is 0 Å². The van der Waals surface area contributed by atoms with Crippen LogP contribution in [0.3, 0.4) is 0 Å². The Labute approximate surface area is 160 Å². The Morgan fingerprint density at radius 1 is 1.42 bits per heavy atom. The van der Waals surface area contributed by atoms with Crippen molar-refractivity contribution >= 4 is 27.3 Å². The highest BCUT2D eigenvalue weighted by Gasteiger charge is 2.23. The molecular formula is C17H30N4O3S2. The number of rotatable bonds is 10. The van der Waals surface area contributed by atoms with E-state index in [-0.39, 0.29) is 18.8 Å². The summed E-state index contributed by atoms with van der Waals surface area (Å²) in [6.07, 6.45) is 3.43. The quantitative estimate of drug-likeness (QED) is 0.348. The Hall–Kier alpha value is -1.16. The fourth-order valence-electron chi connectivity index (χ4n) is 2.55. The van der Waals surface area contributed by atoms with Crippen molar-refractivity contribution in [2.75, 3.05) is 31.9 Å². The molecule has 2 rings (SSSR count). The zero-order valence-corrected chi connectivity index (χ0v) is 17.1. The smallest absolute Gasteiger partial charge is 0.213 e. The normalized spacial score (nSPS) is 18.2. The summed E-state index contributed by atoms with van der Waals surface area (Å²) in [5.41, 5.74) is -0.233. The molecule has 0 saturated heterocycles. The molecule has 9 heteroatoms. The Balaban J connectivity index is 1.81. The van der Waals surface area contributed by atoms with Crippen molar-refractivity contribution in [1.29, 1.82) is 0 Å². The highest BCUT2D eigenvalue weighted by Crippen LogP contribution is 2.25. The van der Waals surface area contributed by atoms with Crippen LogP contribution in [0.4, 0.5) is 0 Å². The molecule has 1 saturated carbocycles. The van der Waals surface area contributed by atoms with Crippen molar-refractivity contribution in [3.63, 3.8) is 0 Å². The second kappa shape index (κ2) is 9.68. The molecule has 0 spiro atoms. The van der Waals surface area contributed by atoms with E-state index in [9.17, 15) is 13.5 Å². The summed E-state index contributed by atoms with van der Waals surface area (Å²) in [6, 6.07) is 1.88. The van der Waals surface area contributed by atoms with Gasteiger partial charge in [-0.2, -0.15) is 11.3 Å². The number of thiophene rings is 1. The predicted octanol–water partition coefficient (Wildman–Crippen LogP) is 1.23. The second-order valence-electron chi connectivity index (χ2n) is 6.87. The highest BCUT2D eigenvalue weighted by molar-refractivity contribution is 7.89. The Kier molecular flexibility index (Phi) is 7.87. The van der Waals surface area contributed by atoms with Crippen molar-refractivity contribution < 1.29 is 13.5 Å². The van der Waals surface area contributed by atoms with E-state index < -0.39 is 15.6 Å². The van der Waals surface area contributed by atoms with Crippen LogP contribution in [-0.2, 0) is 15.6 Å². The van der Waals surface area contributed by atoms with Crippen LogP contribution in [0.25, 0.3) is 0 Å². The number of hydrogen-bond donors (Lipinski definition) is 4. The fourth-order valence-corrected chi connectivity index (χ4v) is 4.34. The zero-order chi connectivity index (χ0) is 19.0. The van der Waals surface area contributed by atoms with Gasteiger partial charge in [0.05, 0.1) is 12.3 Å². The first-order valence-corrected chi connectivity index (χ1v) is 11.7. The molecule has 0 amide bonds. The first-order valence-electron chi connectivity index (χ1n) is 9.07. The van der Waals surface area contributed by atoms with Crippen LogP contribution >= 0.6 is 11.3 Å². The average molecular weight is 403 g/mol. The van der Waals surface area contributed by atoms with Crippen LogP contribution in [0.1, 0.15) is 38.7 Å². The van der Waals surface area contributed by atoms with Gasteiger partial charge in [0, 0.05) is 19.6 Å². The molecule has 0 bridgehead atoms. The largest absolute Gasteiger partial charge is 0.383 e. The average Bonchev–Trinajstić information content (AvgIpc) is 3.06. The second-order valence-corrected chi connectivity index (χ2v) is 9.58. The SMILES string of the molecule is CCNC(=NCC(C)(O)c1ccsc1)NCCS(=O)(=O)NCC1CCC1. The Bertz CT molecular complexity index is 668. The number of nitrogens with zero attached hydrogens (tertiary/aromatic N) is 1. The van der Waals surface area contributed by atoms with Gasteiger partial charge in [-0.3, -0.25) is 0 Å². The molecule has 26 heavy (non-hydrogen) atoms. The van der Waals surface area contributed by atoms with Crippen molar-refractivity contribution in [2.24, 2.45) is 10.9 Å². The van der Waals surface area contributed by atoms with Gasteiger partial charge in [0.2, 0.25) is 10.0 Å². The van der Waals surface area contributed by atoms with E-state index in [1.54, 1.807) is 6.92 Å². The predicted molar refractivity (Wildman–Crippen MR) is 107 cm³/mol. The maximum Gasteiger partial charge on any atom is 0.213 e. The summed E-state index contributed by atoms with van der Waals surface area (Å²) in [4.78, 5) is 4.39. The van der Waals surface area contributed by atoms with Crippen LogP contribution in [0.2, 0.25) is 0 Å². The molecule has 1 aromatic rings. The van der Waals surface area contributed by atoms with Gasteiger partial charge in [0.1, 0.15) is 5.60 Å². The van der Waals surface area contributed by atoms with E-state index in [2.05, 4.69) is 20.3 Å². The minimum absolute atomic E-state index is 0.00887. The van der Waals surface area contributed by atoms with Gasteiger partial charge in [-0.1, -0.05) is 6.42 Å². The maximum atomic E-state index is 12.0. The molecule has 1 fully saturated rings. The number of sulfonamides is 1. The molecule has 4 N–H and O–H groups in total. The molecule has 148 valence electrons. The third-order valence-corrected chi connectivity index (χ3v) is 6.54. The molecule has 0 aliphatic heterocycles. The third kappa shape index (κ3) is 6.86. The van der Waals surface area contributed by atoms with Crippen LogP contribution in [-0.4, -0.2) is 51.4 Å². The summed E-state index contributed by atoms with van der Waals surface area (Å²) >= 11 is 1.53. The number of hydrogen-bond acceptors (Lipinski definition) is 5. The van der Waals surface area contributed by atoms with Gasteiger partial charge in [-0.25, -0.2) is 18.1 Å². The lowest BCUT2D eigenvalue weighted by atomic mass is 9.86. The van der Waals surface area contributed by atoms with Crippen LogP contribution < -0.4 is 15.4 Å². The standard InChI is InChI=1S/C17H30N4O3S2/c1-3-18-16(20-13-17(2,22)15-7-9-25-12-15)19-8-10-26(23,24)21-11-14-5-4-6-14/h7,9,12,14,21-22H,3-6,8,10-11,13H2,1-2H3,(H2,18,19,20). The monoisotopic (exact) mass is 402 g/mol. The molecule has 0 aromatic carbocycles. The van der Waals surface area contributed by atoms with E-state index in [4.69, 9.17) is 0 Å². The third-order valence-electron chi connectivity index (χ3n) is 4.51. The number of guanidine groups is 1. The zero-order valence-electron chi connectivity index (χ0n) is 15.5. The van der Waals surface area contributed by atoms with E-state index >= 15 is 0 Å². The molecule has 1 unspecified atom stereocenters. The van der Waals surface area contributed by atoms with E-state index in [1.807, 2.05) is 23.8 Å². The summed E-state index contributed by atoms with van der Waals surface area (Å²) in [5, 5.41) is 20.4. The lowest BCUT2D eigenvalue weighted by Gasteiger charge is -2.25. The molecule has 1 aliphatic rings. The van der Waals surface area contributed by atoms with Crippen molar-refractivity contribution in [1.82, 2.24) is 15.4 Å². The van der Waals surface area contributed by atoms with Crippen molar-refractivity contribution in [3.8, 4) is 0 Å². The van der Waals surface area contributed by atoms with Gasteiger partial charge in [-0.05, 0) is 55.0 Å². The van der Waals surface area contributed by atoms with E-state index in [0.29, 0.717) is 25.0 Å². The topological polar surface area (TPSA) is 103 Å². The maximum absolute atomic E-state index is 12.0. The molecular weight excluding hydrogens is 372 g/mol. The summed E-state index contributed by atoms with van der Waals surface area (Å²) in [7, 11) is -3.29. The van der Waals surface area contributed by atoms with Crippen LogP contribution in [0.5, 0.6) is 0 Å². The number of nitrogens with one attached hydrogen (secondary N) is 3. The van der Waals surface area contributed by atoms with E-state index in [1.165, 1.54) is 17.8 Å². The van der Waals surface area contributed by atoms with Crippen LogP contribution in [0.15, 0.2) is 21.8 Å². The van der Waals surface area contributed by atoms with Gasteiger partial charge in [0.15, 0.2) is 5.96 Å². The molecule has 0 radical (unpaired) electrons. The van der Waals surface area contributed by atoms with Crippen molar-refractivity contribution in [2.45, 2.75) is 38.7 Å². The minimum Gasteiger partial charge on any atom is -0.383 e. The Morgan fingerprint density at radius 3 is 2.77 bits per heavy atom. The lowest BCUT2D eigenvalue weighted by Crippen LogP contribution is -2.42. The van der Waals surface area contributed by atoms with Gasteiger partial charge in [0.25, 0.3) is 0 Å². The molecule has 1 aromatic heterocycles. The van der Waals surface area contributed by atoms with Crippen molar-refractivity contribution in [3.05, 3.63) is 22.4 Å². The van der Waals surface area contributed by atoms with E-state index in [0.717, 1.165) is 18.4 Å². The lowest BCUT2D eigenvalue weighted by molar-refractivity contribution is 0.0677. The molecule has 1 heterocycles. The fraction of sp³-hybridized carbons (Fsp3) is 0.706. The Morgan fingerprint density at radius 2 is 2.19 bits per heavy atom. The highest BCUT2D eigenvalue weighted by atomic mass is 32.2.